The van der Waals surface area contributed by atoms with Gasteiger partial charge < -0.3 is 11.1 Å². The molecule has 0 fully saturated rings. The lowest BCUT2D eigenvalue weighted by molar-refractivity contribution is 0.605. The van der Waals surface area contributed by atoms with E-state index < -0.39 is 0 Å². The molecule has 1 rings (SSSR count). The summed E-state index contributed by atoms with van der Waals surface area (Å²) in [6.45, 7) is 0.534. The van der Waals surface area contributed by atoms with Gasteiger partial charge in [-0.15, -0.1) is 0 Å². The molecule has 0 heterocycles. The van der Waals surface area contributed by atoms with E-state index in [-0.39, 0.29) is 6.04 Å². The summed E-state index contributed by atoms with van der Waals surface area (Å²) in [6, 6.07) is 5.87. The van der Waals surface area contributed by atoms with Crippen LogP contribution in [0.15, 0.2) is 22.7 Å². The highest BCUT2D eigenvalue weighted by Crippen LogP contribution is 2.25. The molecule has 4 heteroatoms. The molecule has 0 radical (unpaired) electrons. The molecule has 1 aromatic carbocycles. The average molecular weight is 264 g/mol. The second-order valence-corrected chi connectivity index (χ2v) is 4.07. The van der Waals surface area contributed by atoms with Gasteiger partial charge >= 0.3 is 0 Å². The van der Waals surface area contributed by atoms with Crippen molar-refractivity contribution in [3.63, 3.8) is 0 Å². The monoisotopic (exact) mass is 262 g/mol. The molecule has 1 atom stereocenters. The number of rotatable bonds is 3. The number of nitrogens with one attached hydrogen (secondary N) is 1. The minimum atomic E-state index is 0.116. The molecule has 0 aliphatic carbocycles. The number of hydrogen-bond acceptors (Lipinski definition) is 2. The van der Waals surface area contributed by atoms with E-state index in [2.05, 4.69) is 21.2 Å². The van der Waals surface area contributed by atoms with E-state index >= 15 is 0 Å². The predicted molar refractivity (Wildman–Crippen MR) is 60.0 cm³/mol. The SMILES string of the molecule is CNC(CN)c1cc(Br)ccc1Cl. The number of nitrogens with two attached hydrogens (primary N) is 1. The Morgan fingerprint density at radius 2 is 2.31 bits per heavy atom. The maximum absolute atomic E-state index is 6.03. The van der Waals surface area contributed by atoms with Crippen LogP contribution in [-0.4, -0.2) is 13.6 Å². The van der Waals surface area contributed by atoms with Gasteiger partial charge in [-0.25, -0.2) is 0 Å². The topological polar surface area (TPSA) is 38.0 Å². The van der Waals surface area contributed by atoms with Gasteiger partial charge in [0.05, 0.1) is 0 Å². The Bertz CT molecular complexity index is 287. The third kappa shape index (κ3) is 2.68. The fourth-order valence-corrected chi connectivity index (χ4v) is 1.81. The summed E-state index contributed by atoms with van der Waals surface area (Å²) in [5.74, 6) is 0. The van der Waals surface area contributed by atoms with Crippen LogP contribution >= 0.6 is 27.5 Å². The molecule has 13 heavy (non-hydrogen) atoms. The Labute approximate surface area is 91.6 Å². The van der Waals surface area contributed by atoms with Crippen LogP contribution in [0, 0.1) is 0 Å². The molecular formula is C9H12BrClN2. The van der Waals surface area contributed by atoms with Crippen LogP contribution in [0.4, 0.5) is 0 Å². The first-order valence-electron chi connectivity index (χ1n) is 4.01. The summed E-state index contributed by atoms with van der Waals surface area (Å²) < 4.78 is 1.01. The van der Waals surface area contributed by atoms with Crippen molar-refractivity contribution in [2.45, 2.75) is 6.04 Å². The van der Waals surface area contributed by atoms with Crippen molar-refractivity contribution in [2.75, 3.05) is 13.6 Å². The molecule has 1 unspecified atom stereocenters. The lowest BCUT2D eigenvalue weighted by Crippen LogP contribution is -2.25. The van der Waals surface area contributed by atoms with Crippen molar-refractivity contribution >= 4 is 27.5 Å². The molecular weight excluding hydrogens is 251 g/mol. The molecule has 0 spiro atoms. The molecule has 0 bridgehead atoms. The first-order valence-corrected chi connectivity index (χ1v) is 5.18. The largest absolute Gasteiger partial charge is 0.329 e. The molecule has 0 aliphatic rings. The lowest BCUT2D eigenvalue weighted by Gasteiger charge is -2.15. The maximum Gasteiger partial charge on any atom is 0.0457 e. The number of likely N-dealkylation sites (N-methyl/N-ethyl adjacent to an activating group) is 1. The molecule has 0 aliphatic heterocycles. The molecule has 72 valence electrons. The third-order valence-corrected chi connectivity index (χ3v) is 2.76. The molecule has 0 saturated heterocycles. The normalized spacial score (nSPS) is 12.9. The Kier molecular flexibility index (Phi) is 4.19. The van der Waals surface area contributed by atoms with Crippen LogP contribution in [-0.2, 0) is 0 Å². The van der Waals surface area contributed by atoms with E-state index in [1.807, 2.05) is 25.2 Å². The fourth-order valence-electron chi connectivity index (χ4n) is 1.18. The Morgan fingerprint density at radius 3 is 2.85 bits per heavy atom. The Morgan fingerprint density at radius 1 is 1.62 bits per heavy atom. The number of halogens is 2. The van der Waals surface area contributed by atoms with E-state index in [0.29, 0.717) is 6.54 Å². The van der Waals surface area contributed by atoms with Crippen LogP contribution in [0.3, 0.4) is 0 Å². The lowest BCUT2D eigenvalue weighted by atomic mass is 10.1. The van der Waals surface area contributed by atoms with Crippen molar-refractivity contribution in [1.82, 2.24) is 5.32 Å². The zero-order valence-corrected chi connectivity index (χ0v) is 9.69. The van der Waals surface area contributed by atoms with Crippen molar-refractivity contribution in [3.05, 3.63) is 33.3 Å². The van der Waals surface area contributed by atoms with Crippen molar-refractivity contribution in [2.24, 2.45) is 5.73 Å². The molecule has 1 aromatic rings. The van der Waals surface area contributed by atoms with Crippen LogP contribution in [0.1, 0.15) is 11.6 Å². The first-order chi connectivity index (χ1) is 6.19. The van der Waals surface area contributed by atoms with Gasteiger partial charge in [-0.05, 0) is 30.8 Å². The summed E-state index contributed by atoms with van der Waals surface area (Å²) in [7, 11) is 1.87. The highest BCUT2D eigenvalue weighted by atomic mass is 79.9. The quantitative estimate of drug-likeness (QED) is 0.878. The van der Waals surface area contributed by atoms with Crippen LogP contribution < -0.4 is 11.1 Å². The smallest absolute Gasteiger partial charge is 0.0457 e. The number of hydrogen-bond donors (Lipinski definition) is 2. The summed E-state index contributed by atoms with van der Waals surface area (Å²) in [4.78, 5) is 0. The van der Waals surface area contributed by atoms with E-state index in [4.69, 9.17) is 17.3 Å². The van der Waals surface area contributed by atoms with Gasteiger partial charge in [-0.1, -0.05) is 27.5 Å². The highest BCUT2D eigenvalue weighted by Gasteiger charge is 2.10. The van der Waals surface area contributed by atoms with Crippen molar-refractivity contribution < 1.29 is 0 Å². The minimum Gasteiger partial charge on any atom is -0.329 e. The Hall–Kier alpha value is -0.0900. The Balaban J connectivity index is 3.03. The highest BCUT2D eigenvalue weighted by molar-refractivity contribution is 9.10. The van der Waals surface area contributed by atoms with E-state index in [0.717, 1.165) is 15.1 Å². The molecule has 2 nitrogen and oxygen atoms in total. The first kappa shape index (κ1) is 11.0. The average Bonchev–Trinajstić information content (AvgIpc) is 2.13. The van der Waals surface area contributed by atoms with Crippen LogP contribution in [0.5, 0.6) is 0 Å². The second kappa shape index (κ2) is 4.96. The second-order valence-electron chi connectivity index (χ2n) is 2.74. The summed E-state index contributed by atoms with van der Waals surface area (Å²) in [5.41, 5.74) is 6.63. The summed E-state index contributed by atoms with van der Waals surface area (Å²) >= 11 is 9.43. The van der Waals surface area contributed by atoms with Crippen LogP contribution in [0.25, 0.3) is 0 Å². The molecule has 3 N–H and O–H groups in total. The summed E-state index contributed by atoms with van der Waals surface area (Å²) in [6.07, 6.45) is 0. The number of benzene rings is 1. The zero-order valence-electron chi connectivity index (χ0n) is 7.35. The molecule has 0 saturated carbocycles. The van der Waals surface area contributed by atoms with Crippen molar-refractivity contribution in [1.29, 1.82) is 0 Å². The molecule has 0 amide bonds. The third-order valence-electron chi connectivity index (χ3n) is 1.92. The zero-order chi connectivity index (χ0) is 9.84. The standard InChI is InChI=1S/C9H12BrClN2/c1-13-9(5-12)7-4-6(10)2-3-8(7)11/h2-4,9,13H,5,12H2,1H3. The van der Waals surface area contributed by atoms with Gasteiger partial charge in [0.2, 0.25) is 0 Å². The van der Waals surface area contributed by atoms with Gasteiger partial charge in [0, 0.05) is 22.1 Å². The predicted octanol–water partition coefficient (Wildman–Crippen LogP) is 2.32. The van der Waals surface area contributed by atoms with Crippen molar-refractivity contribution in [3.8, 4) is 0 Å². The van der Waals surface area contributed by atoms with E-state index in [9.17, 15) is 0 Å². The van der Waals surface area contributed by atoms with Crippen LogP contribution in [0.2, 0.25) is 5.02 Å². The van der Waals surface area contributed by atoms with Gasteiger partial charge in [0.25, 0.3) is 0 Å². The van der Waals surface area contributed by atoms with Gasteiger partial charge in [-0.3, -0.25) is 0 Å². The van der Waals surface area contributed by atoms with E-state index in [1.165, 1.54) is 0 Å². The maximum atomic E-state index is 6.03. The van der Waals surface area contributed by atoms with E-state index in [1.54, 1.807) is 0 Å². The molecule has 0 aromatic heterocycles. The fraction of sp³-hybridized carbons (Fsp3) is 0.333. The van der Waals surface area contributed by atoms with Gasteiger partial charge in [-0.2, -0.15) is 0 Å². The summed E-state index contributed by atoms with van der Waals surface area (Å²) in [5, 5.41) is 3.85. The van der Waals surface area contributed by atoms with Gasteiger partial charge in [0.15, 0.2) is 0 Å². The van der Waals surface area contributed by atoms with Gasteiger partial charge in [0.1, 0.15) is 0 Å². The minimum absolute atomic E-state index is 0.116.